The summed E-state index contributed by atoms with van der Waals surface area (Å²) in [6.45, 7) is 4.03. The Morgan fingerprint density at radius 1 is 1.17 bits per heavy atom. The van der Waals surface area contributed by atoms with Crippen LogP contribution in [0.1, 0.15) is 42.1 Å². The van der Waals surface area contributed by atoms with Gasteiger partial charge in [0, 0.05) is 13.0 Å². The van der Waals surface area contributed by atoms with Crippen molar-refractivity contribution in [3.8, 4) is 0 Å². The Balaban J connectivity index is 1.85. The van der Waals surface area contributed by atoms with Crippen LogP contribution in [0.3, 0.4) is 0 Å². The summed E-state index contributed by atoms with van der Waals surface area (Å²) in [6, 6.07) is 13.7. The fourth-order valence-corrected chi connectivity index (χ4v) is 2.54. The van der Waals surface area contributed by atoms with Crippen molar-refractivity contribution < 1.29 is 14.3 Å². The molecule has 3 nitrogen and oxygen atoms in total. The lowest BCUT2D eigenvalue weighted by atomic mass is 9.97. The molecule has 0 saturated carbocycles. The molecule has 0 aliphatic carbocycles. The lowest BCUT2D eigenvalue weighted by Crippen LogP contribution is -2.29. The third kappa shape index (κ3) is 4.89. The number of carbonyl (C=O) groups is 1. The third-order valence-electron chi connectivity index (χ3n) is 3.97. The minimum Gasteiger partial charge on any atom is -0.387 e. The molecule has 2 atom stereocenters. The van der Waals surface area contributed by atoms with E-state index in [-0.39, 0.29) is 24.2 Å². The van der Waals surface area contributed by atoms with E-state index in [1.807, 2.05) is 38.1 Å². The molecule has 0 saturated heterocycles. The summed E-state index contributed by atoms with van der Waals surface area (Å²) < 4.78 is 12.9. The largest absolute Gasteiger partial charge is 0.387 e. The second kappa shape index (κ2) is 7.88. The van der Waals surface area contributed by atoms with Gasteiger partial charge in [0.25, 0.3) is 0 Å². The minimum absolute atomic E-state index is 0.00814. The minimum atomic E-state index is -0.721. The zero-order chi connectivity index (χ0) is 16.8. The van der Waals surface area contributed by atoms with Crippen LogP contribution in [0, 0.1) is 12.7 Å². The Morgan fingerprint density at radius 3 is 2.48 bits per heavy atom. The highest BCUT2D eigenvalue weighted by Crippen LogP contribution is 2.20. The second-order valence-corrected chi connectivity index (χ2v) is 5.83. The number of hydrogen-bond acceptors (Lipinski definition) is 2. The van der Waals surface area contributed by atoms with E-state index >= 15 is 0 Å². The molecule has 122 valence electrons. The summed E-state index contributed by atoms with van der Waals surface area (Å²) in [5.41, 5.74) is 2.73. The number of rotatable bonds is 6. The predicted molar refractivity (Wildman–Crippen MR) is 88.6 cm³/mol. The molecule has 0 aromatic heterocycles. The molecule has 0 aliphatic heterocycles. The molecule has 0 bridgehead atoms. The summed E-state index contributed by atoms with van der Waals surface area (Å²) in [4.78, 5) is 12.0. The number of aliphatic hydroxyl groups is 1. The lowest BCUT2D eigenvalue weighted by Gasteiger charge is -2.16. The molecular weight excluding hydrogens is 293 g/mol. The highest BCUT2D eigenvalue weighted by atomic mass is 19.1. The van der Waals surface area contributed by atoms with Crippen molar-refractivity contribution in [1.29, 1.82) is 0 Å². The number of amides is 1. The van der Waals surface area contributed by atoms with E-state index in [4.69, 9.17) is 0 Å². The molecule has 0 aliphatic rings. The van der Waals surface area contributed by atoms with Gasteiger partial charge < -0.3 is 10.4 Å². The molecule has 0 radical (unpaired) electrons. The number of aryl methyl sites for hydroxylation is 1. The van der Waals surface area contributed by atoms with Crippen molar-refractivity contribution in [3.63, 3.8) is 0 Å². The van der Waals surface area contributed by atoms with Gasteiger partial charge in [0.05, 0.1) is 6.10 Å². The van der Waals surface area contributed by atoms with Gasteiger partial charge in [-0.15, -0.1) is 0 Å². The molecular formula is C19H22FNO2. The first-order valence-corrected chi connectivity index (χ1v) is 7.73. The third-order valence-corrected chi connectivity index (χ3v) is 3.97. The van der Waals surface area contributed by atoms with Crippen LogP contribution in [0.25, 0.3) is 0 Å². The quantitative estimate of drug-likeness (QED) is 0.857. The number of hydrogen-bond donors (Lipinski definition) is 2. The van der Waals surface area contributed by atoms with Gasteiger partial charge in [-0.1, -0.05) is 43.3 Å². The second-order valence-electron chi connectivity index (χ2n) is 5.83. The standard InChI is InChI=1S/C19H22FNO2/c1-13-5-3-4-6-17(13)18(22)12-21-19(23)11-14(2)15-7-9-16(20)10-8-15/h3-10,14,18,22H,11-12H2,1-2H3,(H,21,23). The molecule has 0 fully saturated rings. The number of aliphatic hydroxyl groups excluding tert-OH is 1. The number of benzene rings is 2. The van der Waals surface area contributed by atoms with Crippen LogP contribution < -0.4 is 5.32 Å². The van der Waals surface area contributed by atoms with Crippen LogP contribution in [0.4, 0.5) is 4.39 Å². The van der Waals surface area contributed by atoms with Crippen LogP contribution in [-0.2, 0) is 4.79 Å². The van der Waals surface area contributed by atoms with Crippen molar-refractivity contribution in [1.82, 2.24) is 5.32 Å². The molecule has 2 aromatic rings. The molecule has 2 unspecified atom stereocenters. The Morgan fingerprint density at radius 2 is 1.83 bits per heavy atom. The van der Waals surface area contributed by atoms with Gasteiger partial charge in [-0.3, -0.25) is 4.79 Å². The zero-order valence-electron chi connectivity index (χ0n) is 13.4. The molecule has 23 heavy (non-hydrogen) atoms. The number of nitrogens with one attached hydrogen (secondary N) is 1. The van der Waals surface area contributed by atoms with Gasteiger partial charge in [0.2, 0.25) is 5.91 Å². The maximum absolute atomic E-state index is 12.9. The molecule has 1 amide bonds. The summed E-state index contributed by atoms with van der Waals surface area (Å²) >= 11 is 0. The van der Waals surface area contributed by atoms with Gasteiger partial charge in [0.1, 0.15) is 5.82 Å². The van der Waals surface area contributed by atoms with Crippen LogP contribution in [0.5, 0.6) is 0 Å². The van der Waals surface area contributed by atoms with E-state index in [2.05, 4.69) is 5.32 Å². The van der Waals surface area contributed by atoms with E-state index in [0.29, 0.717) is 6.42 Å². The maximum atomic E-state index is 12.9. The fraction of sp³-hybridized carbons (Fsp3) is 0.316. The van der Waals surface area contributed by atoms with Crippen LogP contribution >= 0.6 is 0 Å². The Kier molecular flexibility index (Phi) is 5.88. The Bertz CT molecular complexity index is 655. The van der Waals surface area contributed by atoms with Gasteiger partial charge in [-0.05, 0) is 41.7 Å². The average molecular weight is 315 g/mol. The number of carbonyl (C=O) groups excluding carboxylic acids is 1. The van der Waals surface area contributed by atoms with Gasteiger partial charge >= 0.3 is 0 Å². The topological polar surface area (TPSA) is 49.3 Å². The summed E-state index contributed by atoms with van der Waals surface area (Å²) in [5.74, 6) is -0.424. The first kappa shape index (κ1) is 17.2. The van der Waals surface area contributed by atoms with Crippen molar-refractivity contribution in [3.05, 3.63) is 71.0 Å². The summed E-state index contributed by atoms with van der Waals surface area (Å²) in [5, 5.41) is 12.9. The fourth-order valence-electron chi connectivity index (χ4n) is 2.54. The van der Waals surface area contributed by atoms with Gasteiger partial charge in [0.15, 0.2) is 0 Å². The van der Waals surface area contributed by atoms with Crippen LogP contribution in [0.2, 0.25) is 0 Å². The van der Waals surface area contributed by atoms with E-state index in [1.54, 1.807) is 12.1 Å². The monoisotopic (exact) mass is 315 g/mol. The summed E-state index contributed by atoms with van der Waals surface area (Å²) in [7, 11) is 0. The summed E-state index contributed by atoms with van der Waals surface area (Å²) in [6.07, 6.45) is -0.423. The first-order valence-electron chi connectivity index (χ1n) is 7.73. The molecule has 0 heterocycles. The lowest BCUT2D eigenvalue weighted by molar-refractivity contribution is -0.121. The van der Waals surface area contributed by atoms with Crippen LogP contribution in [0.15, 0.2) is 48.5 Å². The molecule has 2 N–H and O–H groups in total. The maximum Gasteiger partial charge on any atom is 0.220 e. The zero-order valence-corrected chi connectivity index (χ0v) is 13.4. The highest BCUT2D eigenvalue weighted by Gasteiger charge is 2.14. The molecule has 2 rings (SSSR count). The number of halogens is 1. The van der Waals surface area contributed by atoms with Crippen molar-refractivity contribution in [2.75, 3.05) is 6.54 Å². The Labute approximate surface area is 136 Å². The van der Waals surface area contributed by atoms with Crippen LogP contribution in [-0.4, -0.2) is 17.6 Å². The van der Waals surface area contributed by atoms with E-state index < -0.39 is 6.10 Å². The van der Waals surface area contributed by atoms with Gasteiger partial charge in [-0.25, -0.2) is 4.39 Å². The van der Waals surface area contributed by atoms with Crippen molar-refractivity contribution >= 4 is 5.91 Å². The normalized spacial score (nSPS) is 13.4. The van der Waals surface area contributed by atoms with E-state index in [1.165, 1.54) is 12.1 Å². The van der Waals surface area contributed by atoms with E-state index in [9.17, 15) is 14.3 Å². The SMILES string of the molecule is Cc1ccccc1C(O)CNC(=O)CC(C)c1ccc(F)cc1. The van der Waals surface area contributed by atoms with Crippen molar-refractivity contribution in [2.45, 2.75) is 32.3 Å². The molecule has 0 spiro atoms. The molecule has 4 heteroatoms. The smallest absolute Gasteiger partial charge is 0.220 e. The average Bonchev–Trinajstić information content (AvgIpc) is 2.53. The highest BCUT2D eigenvalue weighted by molar-refractivity contribution is 5.76. The molecule has 2 aromatic carbocycles. The van der Waals surface area contributed by atoms with E-state index in [0.717, 1.165) is 16.7 Å². The Hall–Kier alpha value is -2.20. The predicted octanol–water partition coefficient (Wildman–Crippen LogP) is 3.48. The van der Waals surface area contributed by atoms with Crippen molar-refractivity contribution in [2.24, 2.45) is 0 Å². The first-order chi connectivity index (χ1) is 11.0. The van der Waals surface area contributed by atoms with Gasteiger partial charge in [-0.2, -0.15) is 0 Å².